The van der Waals surface area contributed by atoms with Crippen LogP contribution in [0.5, 0.6) is 0 Å². The number of pyridine rings is 1. The van der Waals surface area contributed by atoms with Gasteiger partial charge in [-0.1, -0.05) is 0 Å². The first-order valence-corrected chi connectivity index (χ1v) is 7.07. The topological polar surface area (TPSA) is 94.3 Å². The third kappa shape index (κ3) is 2.78. The monoisotopic (exact) mass is 267 g/mol. The third-order valence-corrected chi connectivity index (χ3v) is 3.83. The Labute approximate surface area is 106 Å². The number of anilines is 1. The van der Waals surface area contributed by atoms with Crippen LogP contribution < -0.4 is 4.90 Å². The van der Waals surface area contributed by atoms with Crippen LogP contribution in [-0.2, 0) is 10.1 Å². The molecule has 0 spiro atoms. The smallest absolute Gasteiger partial charge is 0.265 e. The highest BCUT2D eigenvalue weighted by molar-refractivity contribution is 7.85. The molecule has 0 radical (unpaired) electrons. The van der Waals surface area contributed by atoms with Crippen LogP contribution in [-0.4, -0.2) is 36.8 Å². The van der Waals surface area contributed by atoms with Gasteiger partial charge in [0.05, 0.1) is 17.4 Å². The molecule has 0 bridgehead atoms. The van der Waals surface area contributed by atoms with Crippen LogP contribution in [0.1, 0.15) is 11.1 Å². The molecule has 1 N–H and O–H groups in total. The van der Waals surface area contributed by atoms with Crippen LogP contribution in [0.2, 0.25) is 0 Å². The molecule has 0 atom stereocenters. The number of aryl methyl sites for hydroxylation is 1. The van der Waals surface area contributed by atoms with Crippen molar-refractivity contribution in [3.05, 3.63) is 23.4 Å². The van der Waals surface area contributed by atoms with Crippen molar-refractivity contribution in [2.24, 2.45) is 5.92 Å². The van der Waals surface area contributed by atoms with Crippen molar-refractivity contribution in [3.63, 3.8) is 0 Å². The van der Waals surface area contributed by atoms with E-state index in [4.69, 9.17) is 9.81 Å². The lowest BCUT2D eigenvalue weighted by molar-refractivity contribution is 0.415. The molecule has 1 aliphatic heterocycles. The molecule has 0 unspecified atom stereocenters. The van der Waals surface area contributed by atoms with Crippen molar-refractivity contribution < 1.29 is 13.0 Å². The van der Waals surface area contributed by atoms with Gasteiger partial charge in [-0.2, -0.15) is 13.7 Å². The molecular weight excluding hydrogens is 254 g/mol. The fourth-order valence-electron chi connectivity index (χ4n) is 1.97. The van der Waals surface area contributed by atoms with Gasteiger partial charge >= 0.3 is 0 Å². The lowest BCUT2D eigenvalue weighted by Gasteiger charge is -2.39. The minimum Gasteiger partial charge on any atom is -0.356 e. The summed E-state index contributed by atoms with van der Waals surface area (Å²) in [7, 11) is -3.91. The Hall–Kier alpha value is -1.65. The molecule has 18 heavy (non-hydrogen) atoms. The Kier molecular flexibility index (Phi) is 3.24. The normalized spacial score (nSPS) is 16.2. The van der Waals surface area contributed by atoms with Crippen LogP contribution in [0.25, 0.3) is 0 Å². The number of hydrogen-bond acceptors (Lipinski definition) is 5. The van der Waals surface area contributed by atoms with Gasteiger partial charge in [0, 0.05) is 25.2 Å². The summed E-state index contributed by atoms with van der Waals surface area (Å²) in [6.45, 7) is 2.87. The predicted molar refractivity (Wildman–Crippen MR) is 65.8 cm³/mol. The molecule has 2 rings (SSSR count). The van der Waals surface area contributed by atoms with E-state index in [-0.39, 0.29) is 11.7 Å². The maximum atomic E-state index is 10.7. The average Bonchev–Trinajstić information content (AvgIpc) is 2.23. The standard InChI is InChI=1S/C11H13N3O3S/c1-8-4-13-11(2-10(8)3-12)14-5-9(6-14)7-18(15,16)17/h2,4,9H,5-7H2,1H3,(H,15,16,17). The van der Waals surface area contributed by atoms with Gasteiger partial charge in [-0.15, -0.1) is 0 Å². The average molecular weight is 267 g/mol. The van der Waals surface area contributed by atoms with E-state index in [1.807, 2.05) is 11.8 Å². The van der Waals surface area contributed by atoms with Gasteiger partial charge in [0.25, 0.3) is 10.1 Å². The van der Waals surface area contributed by atoms with E-state index in [1.54, 1.807) is 12.3 Å². The van der Waals surface area contributed by atoms with Crippen molar-refractivity contribution >= 4 is 15.9 Å². The van der Waals surface area contributed by atoms with Gasteiger partial charge in [0.1, 0.15) is 5.82 Å². The van der Waals surface area contributed by atoms with E-state index in [9.17, 15) is 8.42 Å². The summed E-state index contributed by atoms with van der Waals surface area (Å²) in [4.78, 5) is 6.09. The van der Waals surface area contributed by atoms with Crippen LogP contribution in [0.4, 0.5) is 5.82 Å². The number of hydrogen-bond donors (Lipinski definition) is 1. The molecule has 0 saturated carbocycles. The van der Waals surface area contributed by atoms with Crippen molar-refractivity contribution in [1.82, 2.24) is 4.98 Å². The highest BCUT2D eigenvalue weighted by Gasteiger charge is 2.31. The van der Waals surface area contributed by atoms with Crippen LogP contribution in [0.15, 0.2) is 12.3 Å². The quantitative estimate of drug-likeness (QED) is 0.805. The number of nitrogens with zero attached hydrogens (tertiary/aromatic N) is 3. The lowest BCUT2D eigenvalue weighted by atomic mass is 10.0. The lowest BCUT2D eigenvalue weighted by Crippen LogP contribution is -2.50. The molecule has 1 aromatic heterocycles. The zero-order valence-corrected chi connectivity index (χ0v) is 10.7. The molecule has 7 heteroatoms. The van der Waals surface area contributed by atoms with Crippen LogP contribution >= 0.6 is 0 Å². The fourth-order valence-corrected chi connectivity index (χ4v) is 2.77. The first-order valence-electron chi connectivity index (χ1n) is 5.46. The molecule has 1 aromatic rings. The zero-order chi connectivity index (χ0) is 13.3. The Morgan fingerprint density at radius 1 is 1.61 bits per heavy atom. The Balaban J connectivity index is 2.03. The highest BCUT2D eigenvalue weighted by atomic mass is 32.2. The molecular formula is C11H13N3O3S. The molecule has 2 heterocycles. The minimum atomic E-state index is -3.91. The molecule has 0 amide bonds. The minimum absolute atomic E-state index is 0.0753. The molecule has 0 aliphatic carbocycles. The first-order chi connectivity index (χ1) is 8.39. The van der Waals surface area contributed by atoms with Crippen LogP contribution in [0, 0.1) is 24.2 Å². The third-order valence-electron chi connectivity index (χ3n) is 2.94. The summed E-state index contributed by atoms with van der Waals surface area (Å²) >= 11 is 0. The maximum Gasteiger partial charge on any atom is 0.265 e. The second-order valence-corrected chi connectivity index (χ2v) is 5.99. The second kappa shape index (κ2) is 4.55. The number of rotatable bonds is 3. The van der Waals surface area contributed by atoms with Crippen molar-refractivity contribution in [1.29, 1.82) is 5.26 Å². The number of aromatic nitrogens is 1. The van der Waals surface area contributed by atoms with E-state index >= 15 is 0 Å². The van der Waals surface area contributed by atoms with E-state index in [0.717, 1.165) is 5.56 Å². The summed E-state index contributed by atoms with van der Waals surface area (Å²) in [6, 6.07) is 3.78. The summed E-state index contributed by atoms with van der Waals surface area (Å²) in [5.74, 6) is 0.373. The summed E-state index contributed by atoms with van der Waals surface area (Å²) < 4.78 is 30.1. The zero-order valence-electron chi connectivity index (χ0n) is 9.87. The predicted octanol–water partition coefficient (Wildman–Crippen LogP) is 0.586. The highest BCUT2D eigenvalue weighted by Crippen LogP contribution is 2.24. The first kappa shape index (κ1) is 12.8. The van der Waals surface area contributed by atoms with Gasteiger partial charge in [-0.3, -0.25) is 4.55 Å². The van der Waals surface area contributed by atoms with Gasteiger partial charge in [0.2, 0.25) is 0 Å². The molecule has 0 aromatic carbocycles. The van der Waals surface area contributed by atoms with Gasteiger partial charge in [-0.25, -0.2) is 4.98 Å². The van der Waals surface area contributed by atoms with Crippen molar-refractivity contribution in [3.8, 4) is 6.07 Å². The van der Waals surface area contributed by atoms with Gasteiger partial charge in [0.15, 0.2) is 0 Å². The van der Waals surface area contributed by atoms with Crippen molar-refractivity contribution in [2.75, 3.05) is 23.7 Å². The largest absolute Gasteiger partial charge is 0.356 e. The van der Waals surface area contributed by atoms with Crippen molar-refractivity contribution in [2.45, 2.75) is 6.92 Å². The molecule has 6 nitrogen and oxygen atoms in total. The second-order valence-electron chi connectivity index (χ2n) is 4.49. The summed E-state index contributed by atoms with van der Waals surface area (Å²) in [5.41, 5.74) is 1.38. The van der Waals surface area contributed by atoms with Crippen LogP contribution in [0.3, 0.4) is 0 Å². The summed E-state index contributed by atoms with van der Waals surface area (Å²) in [5, 5.41) is 8.91. The van der Waals surface area contributed by atoms with E-state index in [1.165, 1.54) is 0 Å². The van der Waals surface area contributed by atoms with Gasteiger partial charge in [-0.05, 0) is 18.6 Å². The van der Waals surface area contributed by atoms with Gasteiger partial charge < -0.3 is 4.90 Å². The Bertz CT molecular complexity index is 600. The molecule has 96 valence electrons. The number of nitriles is 1. The van der Waals surface area contributed by atoms with E-state index in [0.29, 0.717) is 24.5 Å². The summed E-state index contributed by atoms with van der Waals surface area (Å²) in [6.07, 6.45) is 1.63. The Morgan fingerprint density at radius 2 is 2.28 bits per heavy atom. The molecule has 1 fully saturated rings. The SMILES string of the molecule is Cc1cnc(N2CC(CS(=O)(=O)O)C2)cc1C#N. The Morgan fingerprint density at radius 3 is 2.83 bits per heavy atom. The molecule has 1 aliphatic rings. The molecule has 1 saturated heterocycles. The van der Waals surface area contributed by atoms with E-state index in [2.05, 4.69) is 11.1 Å². The fraction of sp³-hybridized carbons (Fsp3) is 0.455. The maximum absolute atomic E-state index is 10.7. The van der Waals surface area contributed by atoms with E-state index < -0.39 is 10.1 Å².